The van der Waals surface area contributed by atoms with Gasteiger partial charge >= 0.3 is 0 Å². The molecule has 0 atom stereocenters. The van der Waals surface area contributed by atoms with Gasteiger partial charge < -0.3 is 5.11 Å². The Labute approximate surface area is 124 Å². The Morgan fingerprint density at radius 1 is 1.32 bits per heavy atom. The fraction of sp³-hybridized carbons (Fsp3) is 0.625. The lowest BCUT2D eigenvalue weighted by Gasteiger charge is -2.30. The monoisotopic (exact) mass is 325 g/mol. The number of phenolic OH excluding ortho intramolecular Hbond substituents is 1. The van der Waals surface area contributed by atoms with Crippen LogP contribution >= 0.6 is 15.9 Å². The molecule has 2 nitrogen and oxygen atoms in total. The maximum Gasteiger partial charge on any atom is 0.129 e. The molecule has 0 radical (unpaired) electrons. The molecule has 106 valence electrons. The number of rotatable bonds is 5. The molecule has 0 spiro atoms. The Hall–Kier alpha value is -0.540. The highest BCUT2D eigenvalue weighted by molar-refractivity contribution is 9.10. The van der Waals surface area contributed by atoms with Crippen molar-refractivity contribution in [1.29, 1.82) is 0 Å². The molecule has 1 aromatic carbocycles. The molecule has 19 heavy (non-hydrogen) atoms. The summed E-state index contributed by atoms with van der Waals surface area (Å²) in [5, 5.41) is 9.57. The van der Waals surface area contributed by atoms with E-state index in [0.717, 1.165) is 23.6 Å². The van der Waals surface area contributed by atoms with Crippen LogP contribution in [0.4, 0.5) is 0 Å². The van der Waals surface area contributed by atoms with Crippen LogP contribution in [0.1, 0.15) is 45.1 Å². The Balaban J connectivity index is 2.07. The minimum Gasteiger partial charge on any atom is -0.507 e. The van der Waals surface area contributed by atoms with Gasteiger partial charge in [0.2, 0.25) is 0 Å². The fourth-order valence-corrected chi connectivity index (χ4v) is 3.39. The molecule has 0 aliphatic heterocycles. The number of phenols is 1. The summed E-state index contributed by atoms with van der Waals surface area (Å²) in [5.41, 5.74) is 1.28. The number of hydrogen-bond donors (Lipinski definition) is 1. The van der Waals surface area contributed by atoms with Crippen LogP contribution in [0.2, 0.25) is 0 Å². The summed E-state index contributed by atoms with van der Waals surface area (Å²) in [4.78, 5) is 2.62. The minimum atomic E-state index is 0.319. The van der Waals surface area contributed by atoms with E-state index in [9.17, 15) is 5.11 Å². The van der Waals surface area contributed by atoms with Crippen molar-refractivity contribution in [2.45, 2.75) is 52.1 Å². The van der Waals surface area contributed by atoms with Gasteiger partial charge in [-0.2, -0.15) is 0 Å². The van der Waals surface area contributed by atoms with Crippen LogP contribution in [0, 0.1) is 5.92 Å². The quantitative estimate of drug-likeness (QED) is 0.858. The van der Waals surface area contributed by atoms with Crippen molar-refractivity contribution in [3.05, 3.63) is 28.2 Å². The van der Waals surface area contributed by atoms with E-state index in [4.69, 9.17) is 0 Å². The number of benzene rings is 1. The third-order valence-electron chi connectivity index (χ3n) is 3.84. The lowest BCUT2D eigenvalue weighted by molar-refractivity contribution is 0.168. The molecule has 0 aromatic heterocycles. The van der Waals surface area contributed by atoms with Gasteiger partial charge in [0.25, 0.3) is 0 Å². The summed E-state index contributed by atoms with van der Waals surface area (Å²) in [6, 6.07) is 6.59. The third-order valence-corrected chi connectivity index (χ3v) is 4.47. The third kappa shape index (κ3) is 4.22. The molecule has 0 heterocycles. The first-order valence-corrected chi connectivity index (χ1v) is 8.07. The van der Waals surface area contributed by atoms with Crippen molar-refractivity contribution in [3.8, 4) is 5.75 Å². The Morgan fingerprint density at radius 3 is 2.58 bits per heavy atom. The Morgan fingerprint density at radius 2 is 2.00 bits per heavy atom. The van der Waals surface area contributed by atoms with E-state index in [1.54, 1.807) is 6.07 Å². The highest BCUT2D eigenvalue weighted by atomic mass is 79.9. The van der Waals surface area contributed by atoms with Crippen LogP contribution in [0.25, 0.3) is 0 Å². The molecule has 1 N–H and O–H groups in total. The van der Waals surface area contributed by atoms with Crippen molar-refractivity contribution in [2.24, 2.45) is 5.92 Å². The molecule has 1 aliphatic carbocycles. The summed E-state index contributed by atoms with van der Waals surface area (Å²) in [6.07, 6.45) is 5.43. The van der Waals surface area contributed by atoms with Gasteiger partial charge in [-0.15, -0.1) is 0 Å². The Kier molecular flexibility index (Phi) is 5.28. The number of nitrogens with zero attached hydrogens (tertiary/aromatic N) is 1. The smallest absolute Gasteiger partial charge is 0.129 e. The van der Waals surface area contributed by atoms with Crippen LogP contribution in [0.15, 0.2) is 22.7 Å². The predicted molar refractivity (Wildman–Crippen MR) is 83.3 cm³/mol. The summed E-state index contributed by atoms with van der Waals surface area (Å²) < 4.78 is 0.793. The van der Waals surface area contributed by atoms with Crippen LogP contribution in [0.3, 0.4) is 0 Å². The molecular weight excluding hydrogens is 302 g/mol. The normalized spacial score (nSPS) is 16.7. The van der Waals surface area contributed by atoms with Crippen LogP contribution in [0.5, 0.6) is 5.75 Å². The lowest BCUT2D eigenvalue weighted by atomic mass is 10.1. The summed E-state index contributed by atoms with van der Waals surface area (Å²) in [5.74, 6) is 1.01. The number of aromatic hydroxyl groups is 1. The van der Waals surface area contributed by atoms with E-state index >= 15 is 0 Å². The average Bonchev–Trinajstić information content (AvgIpc) is 2.86. The minimum absolute atomic E-state index is 0.319. The standard InChI is InChI=1S/C16H24BrNO/c1-12(2)10-18(14-5-3-4-6-14)11-13-7-8-16(19)15(17)9-13/h7-9,12,14,19H,3-6,10-11H2,1-2H3. The molecule has 2 rings (SSSR count). The topological polar surface area (TPSA) is 23.5 Å². The highest BCUT2D eigenvalue weighted by Gasteiger charge is 2.23. The Bertz CT molecular complexity index is 413. The molecule has 1 saturated carbocycles. The molecule has 0 unspecified atom stereocenters. The van der Waals surface area contributed by atoms with Crippen molar-refractivity contribution >= 4 is 15.9 Å². The predicted octanol–water partition coefficient (Wildman–Crippen LogP) is 4.56. The highest BCUT2D eigenvalue weighted by Crippen LogP contribution is 2.28. The molecular formula is C16H24BrNO. The van der Waals surface area contributed by atoms with E-state index < -0.39 is 0 Å². The maximum absolute atomic E-state index is 9.57. The van der Waals surface area contributed by atoms with Crippen LogP contribution in [-0.4, -0.2) is 22.6 Å². The maximum atomic E-state index is 9.57. The van der Waals surface area contributed by atoms with E-state index in [0.29, 0.717) is 11.7 Å². The van der Waals surface area contributed by atoms with Gasteiger partial charge in [-0.3, -0.25) is 4.90 Å². The van der Waals surface area contributed by atoms with Crippen molar-refractivity contribution in [1.82, 2.24) is 4.90 Å². The van der Waals surface area contributed by atoms with Crippen molar-refractivity contribution < 1.29 is 5.11 Å². The van der Waals surface area contributed by atoms with Gasteiger partial charge in [0.15, 0.2) is 0 Å². The first kappa shape index (κ1) is 14.9. The second-order valence-electron chi connectivity index (χ2n) is 6.05. The van der Waals surface area contributed by atoms with Crippen LogP contribution < -0.4 is 0 Å². The molecule has 1 aromatic rings. The lowest BCUT2D eigenvalue weighted by Crippen LogP contribution is -2.35. The molecule has 1 aliphatic rings. The van der Waals surface area contributed by atoms with Gasteiger partial charge in [-0.25, -0.2) is 0 Å². The summed E-state index contributed by atoms with van der Waals surface area (Å²) in [7, 11) is 0. The number of hydrogen-bond acceptors (Lipinski definition) is 2. The number of halogens is 1. The van der Waals surface area contributed by atoms with Gasteiger partial charge in [0, 0.05) is 19.1 Å². The van der Waals surface area contributed by atoms with E-state index in [1.807, 2.05) is 12.1 Å². The van der Waals surface area contributed by atoms with Crippen molar-refractivity contribution in [3.63, 3.8) is 0 Å². The second-order valence-corrected chi connectivity index (χ2v) is 6.90. The molecule has 0 amide bonds. The van der Waals surface area contributed by atoms with Gasteiger partial charge in [0.05, 0.1) is 4.47 Å². The van der Waals surface area contributed by atoms with E-state index in [1.165, 1.54) is 31.2 Å². The molecule has 1 fully saturated rings. The first-order valence-electron chi connectivity index (χ1n) is 7.27. The fourth-order valence-electron chi connectivity index (χ4n) is 2.96. The zero-order valence-corrected chi connectivity index (χ0v) is 13.5. The first-order chi connectivity index (χ1) is 9.06. The van der Waals surface area contributed by atoms with Gasteiger partial charge in [-0.1, -0.05) is 32.8 Å². The van der Waals surface area contributed by atoms with E-state index in [-0.39, 0.29) is 0 Å². The molecule has 0 saturated heterocycles. The van der Waals surface area contributed by atoms with E-state index in [2.05, 4.69) is 34.7 Å². The van der Waals surface area contributed by atoms with Gasteiger partial charge in [0.1, 0.15) is 5.75 Å². The SMILES string of the molecule is CC(C)CN(Cc1ccc(O)c(Br)c1)C1CCCC1. The molecule has 3 heteroatoms. The average molecular weight is 326 g/mol. The van der Waals surface area contributed by atoms with Gasteiger partial charge in [-0.05, 0) is 52.4 Å². The molecule has 0 bridgehead atoms. The largest absolute Gasteiger partial charge is 0.507 e. The second kappa shape index (κ2) is 6.76. The van der Waals surface area contributed by atoms with Crippen molar-refractivity contribution in [2.75, 3.05) is 6.54 Å². The zero-order chi connectivity index (χ0) is 13.8. The zero-order valence-electron chi connectivity index (χ0n) is 11.9. The van der Waals surface area contributed by atoms with Crippen LogP contribution in [-0.2, 0) is 6.54 Å². The summed E-state index contributed by atoms with van der Waals surface area (Å²) in [6.45, 7) is 6.72. The summed E-state index contributed by atoms with van der Waals surface area (Å²) >= 11 is 3.40.